The fourth-order valence-electron chi connectivity index (χ4n) is 4.42. The lowest BCUT2D eigenvalue weighted by molar-refractivity contribution is 0.0942. The van der Waals surface area contributed by atoms with Crippen LogP contribution in [-0.2, 0) is 4.74 Å². The number of piperidine rings is 1. The van der Waals surface area contributed by atoms with Gasteiger partial charge in [-0.1, -0.05) is 36.9 Å². The predicted molar refractivity (Wildman–Crippen MR) is 133 cm³/mol. The van der Waals surface area contributed by atoms with Crippen LogP contribution in [0.15, 0.2) is 62.3 Å². The average Bonchev–Trinajstić information content (AvgIpc) is 3.10. The molecule has 0 aromatic heterocycles. The molecule has 3 aliphatic heterocycles. The van der Waals surface area contributed by atoms with Crippen molar-refractivity contribution in [2.75, 3.05) is 26.3 Å². The number of hydrogen-bond acceptors (Lipinski definition) is 5. The van der Waals surface area contributed by atoms with Crippen LogP contribution in [0.5, 0.6) is 0 Å². The summed E-state index contributed by atoms with van der Waals surface area (Å²) in [7, 11) is 0. The first-order valence-electron chi connectivity index (χ1n) is 11.5. The van der Waals surface area contributed by atoms with E-state index in [1.807, 2.05) is 13.8 Å². The van der Waals surface area contributed by atoms with Crippen molar-refractivity contribution in [2.45, 2.75) is 59.3 Å². The molecule has 3 rings (SSSR count). The summed E-state index contributed by atoms with van der Waals surface area (Å²) in [5.74, 6) is 1.56. The maximum atomic E-state index is 6.54. The van der Waals surface area contributed by atoms with Crippen LogP contribution >= 0.6 is 11.8 Å². The Morgan fingerprint density at radius 3 is 2.68 bits per heavy atom. The molecule has 170 valence electrons. The van der Waals surface area contributed by atoms with Crippen LogP contribution in [0, 0.1) is 5.41 Å². The van der Waals surface area contributed by atoms with Gasteiger partial charge in [0, 0.05) is 30.3 Å². The smallest absolute Gasteiger partial charge is 0.139 e. The van der Waals surface area contributed by atoms with Gasteiger partial charge in [0.05, 0.1) is 11.5 Å². The Labute approximate surface area is 192 Å². The van der Waals surface area contributed by atoms with Gasteiger partial charge in [-0.3, -0.25) is 0 Å². The van der Waals surface area contributed by atoms with Crippen LogP contribution < -0.4 is 11.5 Å². The Kier molecular flexibility index (Phi) is 8.50. The first-order chi connectivity index (χ1) is 15.0. The topological polar surface area (TPSA) is 76.9 Å². The van der Waals surface area contributed by atoms with Crippen LogP contribution in [-0.4, -0.2) is 37.0 Å². The molecule has 0 atom stereocenters. The number of likely N-dealkylation sites (tertiary alicyclic amines) is 1. The molecule has 0 saturated carbocycles. The summed E-state index contributed by atoms with van der Waals surface area (Å²) >= 11 is 1.68. The number of ether oxygens (including phenoxy) is 1. The highest BCUT2D eigenvalue weighted by molar-refractivity contribution is 8.07. The zero-order valence-electron chi connectivity index (χ0n) is 19.3. The highest BCUT2D eigenvalue weighted by Crippen LogP contribution is 2.41. The van der Waals surface area contributed by atoms with Gasteiger partial charge in [0.1, 0.15) is 11.7 Å². The highest BCUT2D eigenvalue weighted by atomic mass is 32.2. The van der Waals surface area contributed by atoms with Crippen molar-refractivity contribution in [3.63, 3.8) is 0 Å². The monoisotopic (exact) mass is 442 g/mol. The molecule has 31 heavy (non-hydrogen) atoms. The summed E-state index contributed by atoms with van der Waals surface area (Å²) in [6.45, 7) is 10.0. The molecule has 1 spiro atoms. The average molecular weight is 443 g/mol. The first-order valence-corrected chi connectivity index (χ1v) is 12.3. The van der Waals surface area contributed by atoms with E-state index in [0.29, 0.717) is 11.3 Å². The van der Waals surface area contributed by atoms with Gasteiger partial charge in [0.15, 0.2) is 0 Å². The van der Waals surface area contributed by atoms with E-state index in [-0.39, 0.29) is 0 Å². The van der Waals surface area contributed by atoms with Gasteiger partial charge in [-0.05, 0) is 75.5 Å². The lowest BCUT2D eigenvalue weighted by Crippen LogP contribution is -2.40. The van der Waals surface area contributed by atoms with Crippen molar-refractivity contribution >= 4 is 17.6 Å². The maximum absolute atomic E-state index is 6.54. The highest BCUT2D eigenvalue weighted by Gasteiger charge is 2.38. The first kappa shape index (κ1) is 23.7. The molecule has 3 aliphatic rings. The zero-order chi connectivity index (χ0) is 22.3. The minimum Gasteiger partial charge on any atom is -0.402 e. The molecule has 0 radical (unpaired) electrons. The largest absolute Gasteiger partial charge is 0.402 e. The number of nitrogens with zero attached hydrogens (tertiary/aromatic N) is 2. The van der Waals surface area contributed by atoms with E-state index in [9.17, 15) is 0 Å². The second kappa shape index (κ2) is 11.1. The fraction of sp³-hybridized carbons (Fsp3) is 0.560. The van der Waals surface area contributed by atoms with E-state index in [4.69, 9.17) is 21.2 Å². The summed E-state index contributed by atoms with van der Waals surface area (Å²) in [4.78, 5) is 9.42. The standard InChI is InChI=1S/C25H38N4OS/c1-4-6-7-10-21-20(19(3)26)9-8-11-22(31-21)24(27)28-23(5-2)29-15-12-25(13-16-29)14-17-30-18-25/h5-7,10-11H,4,8-9,12-18,26H2,1-3H3,(H2,27,28)/b7-6+,20-19+,21-10+,23-5+. The molecule has 0 aliphatic carbocycles. The van der Waals surface area contributed by atoms with Crippen molar-refractivity contribution in [3.8, 4) is 0 Å². The van der Waals surface area contributed by atoms with E-state index < -0.39 is 0 Å². The fourth-order valence-corrected chi connectivity index (χ4v) is 5.54. The van der Waals surface area contributed by atoms with Gasteiger partial charge < -0.3 is 21.1 Å². The van der Waals surface area contributed by atoms with Crippen LogP contribution in [0.25, 0.3) is 0 Å². The molecule has 6 heteroatoms. The van der Waals surface area contributed by atoms with Crippen molar-refractivity contribution < 1.29 is 4.74 Å². The summed E-state index contributed by atoms with van der Waals surface area (Å²) in [5.41, 5.74) is 15.2. The third-order valence-corrected chi connectivity index (χ3v) is 7.61. The number of nitrogens with two attached hydrogens (primary N) is 2. The Bertz CT molecular complexity index is 814. The van der Waals surface area contributed by atoms with E-state index in [0.717, 1.165) is 79.7 Å². The number of thioether (sulfide) groups is 1. The van der Waals surface area contributed by atoms with Crippen LogP contribution in [0.2, 0.25) is 0 Å². The van der Waals surface area contributed by atoms with Crippen molar-refractivity contribution in [2.24, 2.45) is 21.9 Å². The lowest BCUT2D eigenvalue weighted by Gasteiger charge is -2.39. The molecule has 0 unspecified atom stereocenters. The SMILES string of the molecule is C/C=C(\N=C(\N)C1=CCCC(=C(/C)N)/C(=C\C=C\CC)S1)N1CCC2(CCOC2)CC1. The van der Waals surface area contributed by atoms with E-state index >= 15 is 0 Å². The van der Waals surface area contributed by atoms with Crippen molar-refractivity contribution in [1.29, 1.82) is 0 Å². The molecular formula is C25H38N4OS. The molecule has 5 nitrogen and oxygen atoms in total. The van der Waals surface area contributed by atoms with Gasteiger partial charge in [-0.25, -0.2) is 4.99 Å². The van der Waals surface area contributed by atoms with E-state index in [1.165, 1.54) is 12.0 Å². The van der Waals surface area contributed by atoms with Crippen LogP contribution in [0.3, 0.4) is 0 Å². The zero-order valence-corrected chi connectivity index (χ0v) is 20.1. The number of amidine groups is 1. The Morgan fingerprint density at radius 1 is 1.29 bits per heavy atom. The summed E-state index contributed by atoms with van der Waals surface area (Å²) in [5, 5.41) is 0. The Hall–Kier alpha value is -1.92. The third-order valence-electron chi connectivity index (χ3n) is 6.42. The molecule has 0 aromatic carbocycles. The Balaban J connectivity index is 1.74. The second-order valence-corrected chi connectivity index (χ2v) is 9.76. The molecule has 0 aromatic rings. The van der Waals surface area contributed by atoms with Crippen LogP contribution in [0.4, 0.5) is 0 Å². The van der Waals surface area contributed by atoms with Crippen LogP contribution in [0.1, 0.15) is 59.3 Å². The molecule has 3 heterocycles. The molecule has 0 bridgehead atoms. The quantitative estimate of drug-likeness (QED) is 0.452. The molecule has 2 saturated heterocycles. The van der Waals surface area contributed by atoms with Gasteiger partial charge in [0.2, 0.25) is 0 Å². The number of aliphatic imine (C=N–C) groups is 1. The minimum absolute atomic E-state index is 0.388. The molecule has 2 fully saturated rings. The number of rotatable bonds is 5. The summed E-state index contributed by atoms with van der Waals surface area (Å²) < 4.78 is 5.67. The summed E-state index contributed by atoms with van der Waals surface area (Å²) in [6, 6.07) is 0. The third kappa shape index (κ3) is 6.07. The maximum Gasteiger partial charge on any atom is 0.139 e. The lowest BCUT2D eigenvalue weighted by atomic mass is 9.78. The molecule has 0 amide bonds. The van der Waals surface area contributed by atoms with Gasteiger partial charge in [0.25, 0.3) is 0 Å². The van der Waals surface area contributed by atoms with E-state index in [2.05, 4.69) is 42.2 Å². The van der Waals surface area contributed by atoms with Crippen molar-refractivity contribution in [3.05, 3.63) is 57.3 Å². The van der Waals surface area contributed by atoms with Crippen molar-refractivity contribution in [1.82, 2.24) is 4.90 Å². The Morgan fingerprint density at radius 2 is 2.06 bits per heavy atom. The normalized spacial score (nSPS) is 26.0. The summed E-state index contributed by atoms with van der Waals surface area (Å²) in [6.07, 6.45) is 17.0. The number of hydrogen-bond donors (Lipinski definition) is 2. The van der Waals surface area contributed by atoms with E-state index in [1.54, 1.807) is 11.8 Å². The second-order valence-electron chi connectivity index (χ2n) is 8.67. The predicted octanol–water partition coefficient (Wildman–Crippen LogP) is 5.20. The van der Waals surface area contributed by atoms with Gasteiger partial charge in [-0.15, -0.1) is 0 Å². The molecule has 4 N–H and O–H groups in total. The molecular weight excluding hydrogens is 404 g/mol. The van der Waals surface area contributed by atoms with Gasteiger partial charge in [-0.2, -0.15) is 0 Å². The number of allylic oxidation sites excluding steroid dienone is 7. The minimum atomic E-state index is 0.388. The van der Waals surface area contributed by atoms with Gasteiger partial charge >= 0.3 is 0 Å².